The van der Waals surface area contributed by atoms with Gasteiger partial charge in [-0.3, -0.25) is 0 Å². The van der Waals surface area contributed by atoms with Crippen molar-refractivity contribution < 1.29 is 12.7 Å². The van der Waals surface area contributed by atoms with E-state index < -0.39 is 10.1 Å². The minimum atomic E-state index is -3.43. The Hall–Kier alpha value is -0.630. The molecule has 1 rings (SSSR count). The molecule has 11 heavy (non-hydrogen) atoms. The van der Waals surface area contributed by atoms with Gasteiger partial charge < -0.3 is 5.43 Å². The largest absolute Gasteiger partial charge is 0.314 e. The van der Waals surface area contributed by atoms with Gasteiger partial charge in [0.15, 0.2) is 0 Å². The molecule has 0 spiro atoms. The summed E-state index contributed by atoms with van der Waals surface area (Å²) in [6.07, 6.45) is 4.33. The topological polar surface area (TPSA) is 70.7 Å². The summed E-state index contributed by atoms with van der Waals surface area (Å²) in [6, 6.07) is 0. The predicted molar refractivity (Wildman–Crippen MR) is 38.0 cm³/mol. The SMILES string of the molecule is CS(=O)(=O)ON1CC=CNN1. The van der Waals surface area contributed by atoms with Crippen LogP contribution in [0.4, 0.5) is 0 Å². The highest BCUT2D eigenvalue weighted by Crippen LogP contribution is 1.94. The monoisotopic (exact) mass is 179 g/mol. The lowest BCUT2D eigenvalue weighted by Crippen LogP contribution is -2.48. The summed E-state index contributed by atoms with van der Waals surface area (Å²) >= 11 is 0. The molecule has 7 heteroatoms. The van der Waals surface area contributed by atoms with E-state index in [0.717, 1.165) is 11.4 Å². The van der Waals surface area contributed by atoms with Crippen LogP contribution in [-0.4, -0.2) is 26.4 Å². The number of hydrazine groups is 2. The van der Waals surface area contributed by atoms with Crippen LogP contribution >= 0.6 is 0 Å². The first-order valence-corrected chi connectivity index (χ1v) is 4.73. The first-order chi connectivity index (χ1) is 5.08. The zero-order valence-corrected chi connectivity index (χ0v) is 6.76. The highest BCUT2D eigenvalue weighted by atomic mass is 32.2. The highest BCUT2D eigenvalue weighted by Gasteiger charge is 2.11. The molecule has 0 aromatic carbocycles. The summed E-state index contributed by atoms with van der Waals surface area (Å²) in [5, 5.41) is 1.06. The van der Waals surface area contributed by atoms with Crippen molar-refractivity contribution in [3.05, 3.63) is 12.3 Å². The first-order valence-electron chi connectivity index (χ1n) is 2.91. The van der Waals surface area contributed by atoms with E-state index in [2.05, 4.69) is 15.2 Å². The molecule has 0 atom stereocenters. The summed E-state index contributed by atoms with van der Waals surface area (Å²) < 4.78 is 25.5. The molecule has 0 unspecified atom stereocenters. The van der Waals surface area contributed by atoms with Gasteiger partial charge in [-0.15, -0.1) is 5.53 Å². The van der Waals surface area contributed by atoms with E-state index in [-0.39, 0.29) is 0 Å². The molecule has 1 heterocycles. The second-order valence-corrected chi connectivity index (χ2v) is 3.56. The minimum Gasteiger partial charge on any atom is -0.314 e. The lowest BCUT2D eigenvalue weighted by molar-refractivity contribution is -0.103. The number of nitrogens with zero attached hydrogens (tertiary/aromatic N) is 1. The fourth-order valence-corrected chi connectivity index (χ4v) is 1.000. The predicted octanol–water partition coefficient (Wildman–Crippen LogP) is -1.28. The third kappa shape index (κ3) is 3.33. The van der Waals surface area contributed by atoms with Gasteiger partial charge in [0, 0.05) is 6.20 Å². The fraction of sp³-hybridized carbons (Fsp3) is 0.500. The number of hydrogen-bond acceptors (Lipinski definition) is 6. The number of nitrogens with one attached hydrogen (secondary N) is 2. The molecule has 0 aromatic rings. The standard InChI is InChI=1S/C4H9N3O3S/c1-11(8,9)10-7-4-2-3-5-6-7/h2-3,5-6H,4H2,1H3. The van der Waals surface area contributed by atoms with Crippen molar-refractivity contribution in [2.45, 2.75) is 0 Å². The van der Waals surface area contributed by atoms with Gasteiger partial charge in [-0.2, -0.15) is 12.7 Å². The van der Waals surface area contributed by atoms with Crippen LogP contribution in [0.25, 0.3) is 0 Å². The smallest absolute Gasteiger partial charge is 0.281 e. The maximum atomic E-state index is 10.5. The molecule has 0 fully saturated rings. The van der Waals surface area contributed by atoms with Crippen molar-refractivity contribution in [2.75, 3.05) is 12.8 Å². The molecule has 2 N–H and O–H groups in total. The Morgan fingerprint density at radius 1 is 1.64 bits per heavy atom. The summed E-state index contributed by atoms with van der Waals surface area (Å²) in [7, 11) is -3.43. The van der Waals surface area contributed by atoms with Crippen LogP contribution in [0, 0.1) is 0 Å². The highest BCUT2D eigenvalue weighted by molar-refractivity contribution is 7.85. The Morgan fingerprint density at radius 2 is 2.36 bits per heavy atom. The van der Waals surface area contributed by atoms with E-state index in [0.29, 0.717) is 6.54 Å². The van der Waals surface area contributed by atoms with Crippen LogP contribution in [0.3, 0.4) is 0 Å². The van der Waals surface area contributed by atoms with E-state index in [1.165, 1.54) is 0 Å². The van der Waals surface area contributed by atoms with Crippen molar-refractivity contribution in [1.82, 2.24) is 16.1 Å². The molecular formula is C4H9N3O3S. The van der Waals surface area contributed by atoms with Crippen LogP contribution in [-0.2, 0) is 14.4 Å². The van der Waals surface area contributed by atoms with Gasteiger partial charge in [0.1, 0.15) is 0 Å². The Labute approximate surface area is 64.8 Å². The molecule has 0 saturated carbocycles. The molecule has 1 aliphatic heterocycles. The number of hydrogen-bond donors (Lipinski definition) is 2. The van der Waals surface area contributed by atoms with Crippen molar-refractivity contribution in [2.24, 2.45) is 0 Å². The molecule has 64 valence electrons. The number of hydroxylamine groups is 1. The summed E-state index contributed by atoms with van der Waals surface area (Å²) in [5.41, 5.74) is 5.03. The molecule has 0 radical (unpaired) electrons. The zero-order valence-electron chi connectivity index (χ0n) is 5.94. The third-order valence-corrected chi connectivity index (χ3v) is 1.34. The third-order valence-electron chi connectivity index (χ3n) is 0.887. The molecule has 0 aliphatic carbocycles. The Kier molecular flexibility index (Phi) is 2.45. The average molecular weight is 179 g/mol. The van der Waals surface area contributed by atoms with Crippen LogP contribution in [0.5, 0.6) is 0 Å². The Balaban J connectivity index is 2.44. The van der Waals surface area contributed by atoms with Gasteiger partial charge in [-0.25, -0.2) is 0 Å². The quantitative estimate of drug-likeness (QED) is 0.550. The van der Waals surface area contributed by atoms with Gasteiger partial charge in [0.05, 0.1) is 12.8 Å². The van der Waals surface area contributed by atoms with Crippen molar-refractivity contribution in [3.8, 4) is 0 Å². The van der Waals surface area contributed by atoms with Crippen molar-refractivity contribution in [1.29, 1.82) is 0 Å². The summed E-state index contributed by atoms with van der Waals surface area (Å²) in [6.45, 7) is 0.375. The Morgan fingerprint density at radius 3 is 2.82 bits per heavy atom. The van der Waals surface area contributed by atoms with E-state index >= 15 is 0 Å². The van der Waals surface area contributed by atoms with Gasteiger partial charge in [-0.1, -0.05) is 5.17 Å². The number of rotatable bonds is 2. The van der Waals surface area contributed by atoms with Crippen LogP contribution in [0.1, 0.15) is 0 Å². The lowest BCUT2D eigenvalue weighted by Gasteiger charge is -2.21. The molecule has 0 bridgehead atoms. The normalized spacial score (nSPS) is 19.7. The minimum absolute atomic E-state index is 0.375. The molecular weight excluding hydrogens is 170 g/mol. The molecule has 6 nitrogen and oxygen atoms in total. The van der Waals surface area contributed by atoms with Crippen molar-refractivity contribution >= 4 is 10.1 Å². The van der Waals surface area contributed by atoms with Gasteiger partial charge in [-0.05, 0) is 6.08 Å². The van der Waals surface area contributed by atoms with Gasteiger partial charge in [0.2, 0.25) is 0 Å². The van der Waals surface area contributed by atoms with E-state index in [1.807, 2.05) is 0 Å². The second kappa shape index (κ2) is 3.18. The van der Waals surface area contributed by atoms with Gasteiger partial charge >= 0.3 is 0 Å². The van der Waals surface area contributed by atoms with E-state index in [1.54, 1.807) is 12.3 Å². The fourth-order valence-electron chi connectivity index (χ4n) is 0.575. The second-order valence-electron chi connectivity index (χ2n) is 2.00. The first kappa shape index (κ1) is 8.47. The molecule has 0 amide bonds. The van der Waals surface area contributed by atoms with Crippen molar-refractivity contribution in [3.63, 3.8) is 0 Å². The summed E-state index contributed by atoms with van der Waals surface area (Å²) in [5.74, 6) is 0. The summed E-state index contributed by atoms with van der Waals surface area (Å²) in [4.78, 5) is 0. The maximum absolute atomic E-state index is 10.5. The molecule has 0 aromatic heterocycles. The van der Waals surface area contributed by atoms with Crippen LogP contribution in [0.2, 0.25) is 0 Å². The Bertz CT molecular complexity index is 247. The van der Waals surface area contributed by atoms with Crippen LogP contribution < -0.4 is 11.0 Å². The maximum Gasteiger partial charge on any atom is 0.281 e. The zero-order chi connectivity index (χ0) is 8.32. The average Bonchev–Trinajstić information content (AvgIpc) is 1.85. The lowest BCUT2D eigenvalue weighted by atomic mass is 10.6. The van der Waals surface area contributed by atoms with E-state index in [4.69, 9.17) is 0 Å². The molecule has 1 aliphatic rings. The van der Waals surface area contributed by atoms with Crippen LogP contribution in [0.15, 0.2) is 12.3 Å². The van der Waals surface area contributed by atoms with Gasteiger partial charge in [0.25, 0.3) is 10.1 Å². The van der Waals surface area contributed by atoms with E-state index in [9.17, 15) is 8.42 Å². The molecule has 0 saturated heterocycles.